The van der Waals surface area contributed by atoms with Gasteiger partial charge >= 0.3 is 0 Å². The van der Waals surface area contributed by atoms with Gasteiger partial charge in [0.05, 0.1) is 0 Å². The van der Waals surface area contributed by atoms with Crippen molar-refractivity contribution in [2.24, 2.45) is 5.41 Å². The van der Waals surface area contributed by atoms with Crippen LogP contribution in [0.25, 0.3) is 0 Å². The zero-order valence-corrected chi connectivity index (χ0v) is 12.5. The highest BCUT2D eigenvalue weighted by Crippen LogP contribution is 2.34. The molecule has 0 N–H and O–H groups in total. The largest absolute Gasteiger partial charge is 0.300 e. The topological polar surface area (TPSA) is 60.2 Å². The van der Waals surface area contributed by atoms with Crippen molar-refractivity contribution in [2.75, 3.05) is 0 Å². The second-order valence-corrected chi connectivity index (χ2v) is 6.38. The summed E-state index contributed by atoms with van der Waals surface area (Å²) < 4.78 is 0.976. The van der Waals surface area contributed by atoms with Crippen LogP contribution in [0.3, 0.4) is 0 Å². The Morgan fingerprint density at radius 1 is 1.61 bits per heavy atom. The monoisotopic (exact) mass is 315 g/mol. The Balaban J connectivity index is 2.80. The number of nitro groups is 1. The SMILES string of the molecule is CC(=O)CC(C)(C)C(CC1=CC(Br)=CC1)[N+](=O)[O-]. The third kappa shape index (κ3) is 4.05. The number of ketones is 1. The van der Waals surface area contributed by atoms with Crippen LogP contribution >= 0.6 is 15.9 Å². The van der Waals surface area contributed by atoms with Gasteiger partial charge in [0.1, 0.15) is 5.78 Å². The van der Waals surface area contributed by atoms with Gasteiger partial charge in [0.25, 0.3) is 0 Å². The molecule has 0 aliphatic heterocycles. The van der Waals surface area contributed by atoms with E-state index < -0.39 is 11.5 Å². The third-order valence-corrected chi connectivity index (χ3v) is 3.77. The molecule has 18 heavy (non-hydrogen) atoms. The Bertz CT molecular complexity index is 424. The molecule has 0 aromatic carbocycles. The van der Waals surface area contributed by atoms with E-state index in [1.807, 2.05) is 12.2 Å². The van der Waals surface area contributed by atoms with Gasteiger partial charge < -0.3 is 4.79 Å². The summed E-state index contributed by atoms with van der Waals surface area (Å²) in [6.07, 6.45) is 5.31. The van der Waals surface area contributed by atoms with E-state index in [4.69, 9.17) is 0 Å². The zero-order chi connectivity index (χ0) is 13.9. The molecule has 0 bridgehead atoms. The van der Waals surface area contributed by atoms with Crippen LogP contribution in [0.1, 0.15) is 40.0 Å². The second kappa shape index (κ2) is 5.78. The minimum Gasteiger partial charge on any atom is -0.300 e. The van der Waals surface area contributed by atoms with Crippen molar-refractivity contribution in [3.63, 3.8) is 0 Å². The highest BCUT2D eigenvalue weighted by Gasteiger charge is 2.40. The number of hydrogen-bond acceptors (Lipinski definition) is 3. The predicted octanol–water partition coefficient (Wildman–Crippen LogP) is 3.64. The number of Topliss-reactive ketones (excluding diaryl/α,β-unsaturated/α-hetero) is 1. The zero-order valence-electron chi connectivity index (χ0n) is 10.9. The summed E-state index contributed by atoms with van der Waals surface area (Å²) in [5, 5.41) is 11.2. The standard InChI is InChI=1S/C13H18BrNO3/c1-9(16)8-13(2,3)12(15(17)18)7-10-4-5-11(14)6-10/h5-6,12H,4,7-8H2,1-3H3. The number of hydrogen-bond donors (Lipinski definition) is 0. The number of rotatable bonds is 6. The molecule has 1 aliphatic rings. The molecule has 0 fully saturated rings. The molecule has 1 rings (SSSR count). The molecule has 5 heteroatoms. The van der Waals surface area contributed by atoms with Gasteiger partial charge in [-0.05, 0) is 19.4 Å². The molecule has 0 aromatic heterocycles. The maximum absolute atomic E-state index is 11.2. The number of carbonyl (C=O) groups is 1. The van der Waals surface area contributed by atoms with Gasteiger partial charge in [-0.2, -0.15) is 0 Å². The average molecular weight is 316 g/mol. The van der Waals surface area contributed by atoms with Crippen molar-refractivity contribution < 1.29 is 9.72 Å². The van der Waals surface area contributed by atoms with Crippen molar-refractivity contribution in [2.45, 2.75) is 46.1 Å². The minimum atomic E-state index is -0.723. The Morgan fingerprint density at radius 3 is 2.61 bits per heavy atom. The van der Waals surface area contributed by atoms with Crippen LogP contribution in [-0.4, -0.2) is 16.7 Å². The summed E-state index contributed by atoms with van der Waals surface area (Å²) in [4.78, 5) is 22.2. The summed E-state index contributed by atoms with van der Waals surface area (Å²) in [5.41, 5.74) is 0.422. The van der Waals surface area contributed by atoms with Crippen molar-refractivity contribution in [3.05, 3.63) is 32.3 Å². The highest BCUT2D eigenvalue weighted by atomic mass is 79.9. The summed E-state index contributed by atoms with van der Waals surface area (Å²) in [6.45, 7) is 5.06. The van der Waals surface area contributed by atoms with Crippen LogP contribution < -0.4 is 0 Å². The van der Waals surface area contributed by atoms with Gasteiger partial charge in [-0.25, -0.2) is 0 Å². The fourth-order valence-electron chi connectivity index (χ4n) is 2.33. The normalized spacial score (nSPS) is 17.1. The molecule has 0 radical (unpaired) electrons. The van der Waals surface area contributed by atoms with Gasteiger partial charge in [0.15, 0.2) is 0 Å². The minimum absolute atomic E-state index is 0.00782. The number of carbonyl (C=O) groups excluding carboxylic acids is 1. The van der Waals surface area contributed by atoms with Crippen LogP contribution in [0.5, 0.6) is 0 Å². The van der Waals surface area contributed by atoms with Crippen molar-refractivity contribution in [3.8, 4) is 0 Å². The van der Waals surface area contributed by atoms with E-state index in [2.05, 4.69) is 15.9 Å². The number of nitrogens with zero attached hydrogens (tertiary/aromatic N) is 1. The Morgan fingerprint density at radius 2 is 2.22 bits per heavy atom. The quantitative estimate of drug-likeness (QED) is 0.555. The second-order valence-electron chi connectivity index (χ2n) is 5.47. The smallest absolute Gasteiger partial charge is 0.222 e. The summed E-state index contributed by atoms with van der Waals surface area (Å²) in [6, 6.07) is -0.723. The van der Waals surface area contributed by atoms with Gasteiger partial charge in [0, 0.05) is 27.7 Å². The van der Waals surface area contributed by atoms with Gasteiger partial charge in [-0.3, -0.25) is 10.1 Å². The van der Waals surface area contributed by atoms with E-state index in [0.29, 0.717) is 6.42 Å². The first-order valence-electron chi connectivity index (χ1n) is 5.90. The molecular weight excluding hydrogens is 298 g/mol. The lowest BCUT2D eigenvalue weighted by Gasteiger charge is -2.27. The Kier molecular flexibility index (Phi) is 4.85. The van der Waals surface area contributed by atoms with Crippen LogP contribution in [0.4, 0.5) is 0 Å². The summed E-state index contributed by atoms with van der Waals surface area (Å²) in [5.74, 6) is -0.00782. The van der Waals surface area contributed by atoms with E-state index in [-0.39, 0.29) is 17.1 Å². The third-order valence-electron chi connectivity index (χ3n) is 3.22. The van der Waals surface area contributed by atoms with Gasteiger partial charge in [-0.1, -0.05) is 41.4 Å². The maximum atomic E-state index is 11.2. The molecule has 100 valence electrons. The van der Waals surface area contributed by atoms with E-state index in [0.717, 1.165) is 16.5 Å². The fraction of sp³-hybridized carbons (Fsp3) is 0.615. The maximum Gasteiger partial charge on any atom is 0.222 e. The lowest BCUT2D eigenvalue weighted by molar-refractivity contribution is -0.540. The molecule has 0 aromatic rings. The number of halogens is 1. The first-order chi connectivity index (χ1) is 8.22. The molecule has 0 heterocycles. The molecule has 0 amide bonds. The number of allylic oxidation sites excluding steroid dienone is 3. The summed E-state index contributed by atoms with van der Waals surface area (Å²) >= 11 is 3.36. The van der Waals surface area contributed by atoms with Crippen molar-refractivity contribution in [1.82, 2.24) is 0 Å². The van der Waals surface area contributed by atoms with Gasteiger partial charge in [0.2, 0.25) is 6.04 Å². The van der Waals surface area contributed by atoms with E-state index >= 15 is 0 Å². The fourth-order valence-corrected chi connectivity index (χ4v) is 2.81. The summed E-state index contributed by atoms with van der Waals surface area (Å²) in [7, 11) is 0. The molecule has 4 nitrogen and oxygen atoms in total. The molecule has 0 saturated heterocycles. The molecule has 1 aliphatic carbocycles. The molecular formula is C13H18BrNO3. The average Bonchev–Trinajstić information content (AvgIpc) is 2.57. The van der Waals surface area contributed by atoms with E-state index in [9.17, 15) is 14.9 Å². The lowest BCUT2D eigenvalue weighted by atomic mass is 9.77. The van der Waals surface area contributed by atoms with Gasteiger partial charge in [-0.15, -0.1) is 0 Å². The molecule has 0 saturated carbocycles. The van der Waals surface area contributed by atoms with Crippen LogP contribution in [0.2, 0.25) is 0 Å². The van der Waals surface area contributed by atoms with E-state index in [1.165, 1.54) is 6.92 Å². The first-order valence-corrected chi connectivity index (χ1v) is 6.69. The van der Waals surface area contributed by atoms with Crippen molar-refractivity contribution in [1.29, 1.82) is 0 Å². The molecule has 1 atom stereocenters. The molecule has 0 spiro atoms. The van der Waals surface area contributed by atoms with E-state index in [1.54, 1.807) is 13.8 Å². The van der Waals surface area contributed by atoms with Crippen molar-refractivity contribution >= 4 is 21.7 Å². The van der Waals surface area contributed by atoms with Crippen LogP contribution in [0, 0.1) is 15.5 Å². The Labute approximate surface area is 115 Å². The van der Waals surface area contributed by atoms with Crippen LogP contribution in [0.15, 0.2) is 22.2 Å². The highest BCUT2D eigenvalue weighted by molar-refractivity contribution is 9.11. The predicted molar refractivity (Wildman–Crippen MR) is 74.2 cm³/mol. The Hall–Kier alpha value is -0.970. The van der Waals surface area contributed by atoms with Crippen LogP contribution in [-0.2, 0) is 4.79 Å². The molecule has 1 unspecified atom stereocenters. The first kappa shape index (κ1) is 15.1. The lowest BCUT2D eigenvalue weighted by Crippen LogP contribution is -2.38.